The molecule has 0 bridgehead atoms. The van der Waals surface area contributed by atoms with Crippen LogP contribution < -0.4 is 4.74 Å². The van der Waals surface area contributed by atoms with Gasteiger partial charge in [0.25, 0.3) is 0 Å². The summed E-state index contributed by atoms with van der Waals surface area (Å²) in [4.78, 5) is 11.6. The molecule has 0 saturated carbocycles. The van der Waals surface area contributed by atoms with E-state index in [1.54, 1.807) is 0 Å². The average molecular weight is 252 g/mol. The average Bonchev–Trinajstić information content (AvgIpc) is 2.45. The summed E-state index contributed by atoms with van der Waals surface area (Å²) >= 11 is 0. The van der Waals surface area contributed by atoms with Crippen molar-refractivity contribution in [3.8, 4) is 5.75 Å². The minimum absolute atomic E-state index is 0.114. The van der Waals surface area contributed by atoms with Crippen molar-refractivity contribution in [2.45, 2.75) is 25.2 Å². The molecule has 2 aromatic rings. The second kappa shape index (κ2) is 5.27. The van der Waals surface area contributed by atoms with Crippen LogP contribution in [-0.4, -0.2) is 5.97 Å². The Balaban J connectivity index is 1.76. The van der Waals surface area contributed by atoms with Crippen molar-refractivity contribution in [1.29, 1.82) is 0 Å². The first kappa shape index (κ1) is 12.0. The van der Waals surface area contributed by atoms with E-state index in [1.165, 1.54) is 5.56 Å². The highest BCUT2D eigenvalue weighted by atomic mass is 16.5. The standard InChI is InChI=1S/C17H16O2/c18-17-12-14(11-10-13-6-2-1-3-7-13)15-8-4-5-9-16(15)19-17/h1-9,14H,10-12H2. The zero-order valence-corrected chi connectivity index (χ0v) is 10.7. The van der Waals surface area contributed by atoms with Gasteiger partial charge in [-0.05, 0) is 36.0 Å². The van der Waals surface area contributed by atoms with Crippen LogP contribution in [0.15, 0.2) is 54.6 Å². The first-order valence-electron chi connectivity index (χ1n) is 6.66. The summed E-state index contributed by atoms with van der Waals surface area (Å²) in [7, 11) is 0. The van der Waals surface area contributed by atoms with Gasteiger partial charge in [-0.25, -0.2) is 0 Å². The molecule has 0 spiro atoms. The van der Waals surface area contributed by atoms with Crippen molar-refractivity contribution in [2.24, 2.45) is 0 Å². The molecule has 0 N–H and O–H groups in total. The molecule has 1 atom stereocenters. The fourth-order valence-electron chi connectivity index (χ4n) is 2.63. The first-order chi connectivity index (χ1) is 9.33. The van der Waals surface area contributed by atoms with Crippen molar-refractivity contribution in [2.75, 3.05) is 0 Å². The van der Waals surface area contributed by atoms with Gasteiger partial charge in [0, 0.05) is 0 Å². The minimum Gasteiger partial charge on any atom is -0.426 e. The molecule has 0 aliphatic carbocycles. The number of carbonyl (C=O) groups is 1. The summed E-state index contributed by atoms with van der Waals surface area (Å²) in [6.45, 7) is 0. The van der Waals surface area contributed by atoms with Crippen molar-refractivity contribution in [3.63, 3.8) is 0 Å². The summed E-state index contributed by atoms with van der Waals surface area (Å²) in [6.07, 6.45) is 2.47. The highest BCUT2D eigenvalue weighted by molar-refractivity contribution is 5.76. The molecule has 1 unspecified atom stereocenters. The molecule has 3 rings (SSSR count). The summed E-state index contributed by atoms with van der Waals surface area (Å²) in [5.74, 6) is 0.895. The monoisotopic (exact) mass is 252 g/mol. The predicted molar refractivity (Wildman–Crippen MR) is 74.2 cm³/mol. The van der Waals surface area contributed by atoms with E-state index in [0.29, 0.717) is 6.42 Å². The highest BCUT2D eigenvalue weighted by Gasteiger charge is 2.26. The van der Waals surface area contributed by atoms with E-state index in [1.807, 2.05) is 24.3 Å². The van der Waals surface area contributed by atoms with Gasteiger partial charge < -0.3 is 4.74 Å². The number of ether oxygens (including phenoxy) is 1. The zero-order valence-electron chi connectivity index (χ0n) is 10.7. The fraction of sp³-hybridized carbons (Fsp3) is 0.235. The third-order valence-electron chi connectivity index (χ3n) is 3.62. The SMILES string of the molecule is O=C1CC(CCc2ccccc2)c2ccccc2O1. The maximum Gasteiger partial charge on any atom is 0.311 e. The van der Waals surface area contributed by atoms with E-state index in [2.05, 4.69) is 30.3 Å². The lowest BCUT2D eigenvalue weighted by Crippen LogP contribution is -2.20. The van der Waals surface area contributed by atoms with Gasteiger partial charge in [0.15, 0.2) is 0 Å². The molecule has 0 radical (unpaired) electrons. The maximum atomic E-state index is 11.6. The predicted octanol–water partition coefficient (Wildman–Crippen LogP) is 3.71. The number of benzene rings is 2. The van der Waals surface area contributed by atoms with Gasteiger partial charge in [-0.15, -0.1) is 0 Å². The van der Waals surface area contributed by atoms with Gasteiger partial charge in [-0.1, -0.05) is 48.5 Å². The van der Waals surface area contributed by atoms with E-state index < -0.39 is 0 Å². The second-order valence-electron chi connectivity index (χ2n) is 4.94. The molecule has 1 heterocycles. The Morgan fingerprint density at radius 2 is 1.74 bits per heavy atom. The number of para-hydroxylation sites is 1. The third-order valence-corrected chi connectivity index (χ3v) is 3.62. The maximum absolute atomic E-state index is 11.6. The lowest BCUT2D eigenvalue weighted by atomic mass is 9.87. The van der Waals surface area contributed by atoms with Crippen LogP contribution >= 0.6 is 0 Å². The van der Waals surface area contributed by atoms with Gasteiger partial charge in [-0.2, -0.15) is 0 Å². The molecule has 1 aliphatic heterocycles. The molecule has 1 aliphatic rings. The van der Waals surface area contributed by atoms with Crippen LogP contribution in [0.4, 0.5) is 0 Å². The molecule has 2 heteroatoms. The number of aryl methyl sites for hydroxylation is 1. The number of hydrogen-bond donors (Lipinski definition) is 0. The molecule has 19 heavy (non-hydrogen) atoms. The van der Waals surface area contributed by atoms with Crippen molar-refractivity contribution < 1.29 is 9.53 Å². The summed E-state index contributed by atoms with van der Waals surface area (Å²) in [5.41, 5.74) is 2.48. The van der Waals surface area contributed by atoms with E-state index in [-0.39, 0.29) is 11.9 Å². The minimum atomic E-state index is -0.114. The Morgan fingerprint density at radius 1 is 1.00 bits per heavy atom. The molecule has 0 amide bonds. The van der Waals surface area contributed by atoms with Crippen molar-refractivity contribution >= 4 is 5.97 Å². The van der Waals surface area contributed by atoms with Crippen LogP contribution in [0.3, 0.4) is 0 Å². The zero-order chi connectivity index (χ0) is 13.1. The van der Waals surface area contributed by atoms with Gasteiger partial charge in [0.05, 0.1) is 6.42 Å². The molecule has 0 saturated heterocycles. The molecular formula is C17H16O2. The number of esters is 1. The van der Waals surface area contributed by atoms with E-state index in [4.69, 9.17) is 4.74 Å². The Bertz CT molecular complexity index is 575. The molecule has 0 fully saturated rings. The lowest BCUT2D eigenvalue weighted by molar-refractivity contribution is -0.135. The highest BCUT2D eigenvalue weighted by Crippen LogP contribution is 2.36. The summed E-state index contributed by atoms with van der Waals surface area (Å²) in [6, 6.07) is 18.3. The molecular weight excluding hydrogens is 236 g/mol. The van der Waals surface area contributed by atoms with Crippen molar-refractivity contribution in [3.05, 3.63) is 65.7 Å². The molecule has 96 valence electrons. The van der Waals surface area contributed by atoms with Gasteiger partial charge in [0.2, 0.25) is 0 Å². The Kier molecular flexibility index (Phi) is 3.32. The smallest absolute Gasteiger partial charge is 0.311 e. The lowest BCUT2D eigenvalue weighted by Gasteiger charge is -2.24. The largest absolute Gasteiger partial charge is 0.426 e. The number of fused-ring (bicyclic) bond motifs is 1. The quantitative estimate of drug-likeness (QED) is 0.615. The number of rotatable bonds is 3. The Morgan fingerprint density at radius 3 is 2.58 bits per heavy atom. The number of carbonyl (C=O) groups excluding carboxylic acids is 1. The van der Waals surface area contributed by atoms with Gasteiger partial charge in [0.1, 0.15) is 5.75 Å². The fourth-order valence-corrected chi connectivity index (χ4v) is 2.63. The van der Waals surface area contributed by atoms with Crippen LogP contribution in [0.5, 0.6) is 5.75 Å². The van der Waals surface area contributed by atoms with Crippen LogP contribution in [0.1, 0.15) is 29.9 Å². The van der Waals surface area contributed by atoms with E-state index in [0.717, 1.165) is 24.2 Å². The summed E-state index contributed by atoms with van der Waals surface area (Å²) < 4.78 is 5.28. The normalized spacial score (nSPS) is 17.7. The van der Waals surface area contributed by atoms with Crippen molar-refractivity contribution in [1.82, 2.24) is 0 Å². The topological polar surface area (TPSA) is 26.3 Å². The van der Waals surface area contributed by atoms with E-state index in [9.17, 15) is 4.79 Å². The Labute approximate surface area is 113 Å². The first-order valence-corrected chi connectivity index (χ1v) is 6.66. The number of hydrogen-bond acceptors (Lipinski definition) is 2. The van der Waals surface area contributed by atoms with Gasteiger partial charge >= 0.3 is 5.97 Å². The van der Waals surface area contributed by atoms with Crippen LogP contribution in [0.25, 0.3) is 0 Å². The summed E-state index contributed by atoms with van der Waals surface area (Å²) in [5, 5.41) is 0. The molecule has 2 aromatic carbocycles. The Hall–Kier alpha value is -2.09. The van der Waals surface area contributed by atoms with E-state index >= 15 is 0 Å². The van der Waals surface area contributed by atoms with Crippen LogP contribution in [0.2, 0.25) is 0 Å². The molecule has 0 aromatic heterocycles. The van der Waals surface area contributed by atoms with Crippen LogP contribution in [-0.2, 0) is 11.2 Å². The van der Waals surface area contributed by atoms with Gasteiger partial charge in [-0.3, -0.25) is 4.79 Å². The molecule has 2 nitrogen and oxygen atoms in total. The third kappa shape index (κ3) is 2.68. The van der Waals surface area contributed by atoms with Crippen LogP contribution in [0, 0.1) is 0 Å². The second-order valence-corrected chi connectivity index (χ2v) is 4.94.